The second-order valence-corrected chi connectivity index (χ2v) is 19.9. The van der Waals surface area contributed by atoms with Crippen LogP contribution in [0.2, 0.25) is 0 Å². The van der Waals surface area contributed by atoms with E-state index in [1.807, 2.05) is 10.8 Å². The molecule has 5 aliphatic rings. The molecule has 3 saturated carbocycles. The molecule has 2 aliphatic heterocycles. The number of carbonyl (C=O) groups excluding carboxylic acids is 4. The zero-order chi connectivity index (χ0) is 42.4. The van der Waals surface area contributed by atoms with Crippen LogP contribution in [-0.4, -0.2) is 102 Å². The van der Waals surface area contributed by atoms with E-state index >= 15 is 0 Å². The van der Waals surface area contributed by atoms with Crippen molar-refractivity contribution in [2.45, 2.75) is 146 Å². The third-order valence-corrected chi connectivity index (χ3v) is 14.6. The summed E-state index contributed by atoms with van der Waals surface area (Å²) in [5.74, 6) is -4.31. The first kappa shape index (κ1) is 42.8. The van der Waals surface area contributed by atoms with E-state index in [1.165, 1.54) is 4.90 Å². The fourth-order valence-electron chi connectivity index (χ4n) is 9.13. The number of benzene rings is 1. The van der Waals surface area contributed by atoms with Gasteiger partial charge in [0, 0.05) is 16.3 Å². The Kier molecular flexibility index (Phi) is 12.0. The lowest BCUT2D eigenvalue weighted by Gasteiger charge is -2.36. The van der Waals surface area contributed by atoms with Gasteiger partial charge in [0.05, 0.1) is 35.9 Å². The Bertz CT molecular complexity index is 2080. The number of nitrogens with zero attached hydrogens (tertiary/aromatic N) is 3. The Morgan fingerprint density at radius 1 is 1.03 bits per heavy atom. The number of carbonyl (C=O) groups is 4. The molecule has 15 nitrogen and oxygen atoms in total. The summed E-state index contributed by atoms with van der Waals surface area (Å²) in [7, 11) is -2.61. The van der Waals surface area contributed by atoms with Crippen LogP contribution < -0.4 is 24.8 Å². The number of hydrogen-bond acceptors (Lipinski definition) is 11. The average molecular weight is 853 g/mol. The van der Waals surface area contributed by atoms with Gasteiger partial charge in [-0.25, -0.2) is 32.0 Å². The number of aromatic nitrogens is 2. The van der Waals surface area contributed by atoms with Gasteiger partial charge in [-0.1, -0.05) is 40.5 Å². The van der Waals surface area contributed by atoms with Gasteiger partial charge in [0.2, 0.25) is 34.1 Å². The molecule has 7 rings (SSSR count). The van der Waals surface area contributed by atoms with E-state index in [-0.39, 0.29) is 35.1 Å². The smallest absolute Gasteiger partial charge is 0.408 e. The topological polar surface area (TPSA) is 195 Å². The van der Waals surface area contributed by atoms with Gasteiger partial charge in [-0.05, 0) is 87.7 Å². The predicted octanol–water partition coefficient (Wildman–Crippen LogP) is 5.54. The fraction of sp³-hybridized carbons (Fsp3) is 0.707. The Balaban J connectivity index is 0.00000282. The standard InChI is InChI=1S/C41H56F2N6O9S.3H2/c1-6-25-31-21-49(32(25)35(50)47-41(20-26(41)34(42)43)38(52)48-59(54,55)24-16-17-24)37(51)33(40(2,3)4)46-39(53)58-30-14-10-12-22(30)11-8-7-9-13-28-36(57-31)45-29-19-23(56-5)15-18-27(29)44-28;;;/h15,18-19,22,24-26,30-34H,6-14,16-17,20-21H2,1-5H3,(H,46,53)(H,47,50)(H,48,52);3*1H/t22-,25-,26+,30-,31+,32+,33-,41-;;;/m1.../s1. The molecule has 0 unspecified atom stereocenters. The number of alkyl halides is 2. The molecule has 1 aromatic heterocycles. The Morgan fingerprint density at radius 3 is 2.44 bits per heavy atom. The number of fused-ring (bicyclic) bond motifs is 5. The van der Waals surface area contributed by atoms with Gasteiger partial charge >= 0.3 is 6.09 Å². The summed E-state index contributed by atoms with van der Waals surface area (Å²) in [6.07, 6.45) is 1.88. The third-order valence-electron chi connectivity index (χ3n) is 12.8. The molecule has 18 heteroatoms. The van der Waals surface area contributed by atoms with Crippen molar-refractivity contribution in [1.82, 2.24) is 30.2 Å². The zero-order valence-electron chi connectivity index (χ0n) is 34.3. The maximum atomic E-state index is 14.9. The number of ether oxygens (including phenoxy) is 3. The van der Waals surface area contributed by atoms with Gasteiger partial charge in [-0.2, -0.15) is 0 Å². The van der Waals surface area contributed by atoms with Crippen molar-refractivity contribution < 1.29 is 54.9 Å². The molecule has 8 atom stereocenters. The minimum Gasteiger partial charge on any atom is -0.497 e. The predicted molar refractivity (Wildman–Crippen MR) is 217 cm³/mol. The van der Waals surface area contributed by atoms with Gasteiger partial charge in [-0.15, -0.1) is 0 Å². The lowest BCUT2D eigenvalue weighted by Crippen LogP contribution is -2.61. The molecule has 2 bridgehead atoms. The maximum absolute atomic E-state index is 14.9. The monoisotopic (exact) mass is 852 g/mol. The van der Waals surface area contributed by atoms with Crippen molar-refractivity contribution in [2.75, 3.05) is 13.7 Å². The first-order valence-electron chi connectivity index (χ1n) is 20.9. The van der Waals surface area contributed by atoms with Crippen molar-refractivity contribution in [1.29, 1.82) is 0 Å². The van der Waals surface area contributed by atoms with Gasteiger partial charge in [-0.3, -0.25) is 19.1 Å². The van der Waals surface area contributed by atoms with Gasteiger partial charge in [0.15, 0.2) is 0 Å². The molecule has 3 heterocycles. The molecule has 2 aromatic rings. The second-order valence-electron chi connectivity index (χ2n) is 18.0. The summed E-state index contributed by atoms with van der Waals surface area (Å²) in [4.78, 5) is 67.9. The van der Waals surface area contributed by atoms with E-state index in [2.05, 4.69) is 10.6 Å². The van der Waals surface area contributed by atoms with Crippen LogP contribution in [0.1, 0.15) is 108 Å². The Morgan fingerprint density at radius 2 is 1.78 bits per heavy atom. The van der Waals surface area contributed by atoms with Crippen molar-refractivity contribution in [3.8, 4) is 11.6 Å². The minimum atomic E-state index is -4.15. The quantitative estimate of drug-likeness (QED) is 0.302. The van der Waals surface area contributed by atoms with Crippen molar-refractivity contribution >= 4 is 44.9 Å². The van der Waals surface area contributed by atoms with Crippen LogP contribution in [0.15, 0.2) is 18.2 Å². The molecular formula is C41H62F2N6O9S. The highest BCUT2D eigenvalue weighted by Crippen LogP contribution is 2.49. The summed E-state index contributed by atoms with van der Waals surface area (Å²) in [6, 6.07) is 2.74. The average Bonchev–Trinajstić information content (AvgIpc) is 4.09. The van der Waals surface area contributed by atoms with E-state index in [0.717, 1.165) is 38.5 Å². The van der Waals surface area contributed by atoms with E-state index in [4.69, 9.17) is 24.2 Å². The van der Waals surface area contributed by atoms with E-state index in [0.29, 0.717) is 48.2 Å². The zero-order valence-corrected chi connectivity index (χ0v) is 35.1. The number of aryl methyl sites for hydroxylation is 1. The fourth-order valence-corrected chi connectivity index (χ4v) is 10.5. The first-order chi connectivity index (χ1) is 27.9. The number of halogens is 2. The lowest BCUT2D eigenvalue weighted by molar-refractivity contribution is -0.144. The number of methoxy groups -OCH3 is 1. The van der Waals surface area contributed by atoms with Crippen molar-refractivity contribution in [2.24, 2.45) is 23.2 Å². The van der Waals surface area contributed by atoms with E-state index in [9.17, 15) is 36.4 Å². The van der Waals surface area contributed by atoms with Crippen LogP contribution in [0.3, 0.4) is 0 Å². The number of hydrogen-bond donors (Lipinski definition) is 3. The van der Waals surface area contributed by atoms with Crippen LogP contribution in [0.5, 0.6) is 11.6 Å². The van der Waals surface area contributed by atoms with Crippen LogP contribution in [-0.2, 0) is 35.6 Å². The number of nitrogens with one attached hydrogen (secondary N) is 3. The molecule has 3 N–H and O–H groups in total. The van der Waals surface area contributed by atoms with Crippen LogP contribution in [0.25, 0.3) is 11.0 Å². The largest absolute Gasteiger partial charge is 0.497 e. The molecule has 0 spiro atoms. The molecule has 330 valence electrons. The molecule has 59 heavy (non-hydrogen) atoms. The Hall–Kier alpha value is -4.35. The summed E-state index contributed by atoms with van der Waals surface area (Å²) < 4.78 is 74.3. The summed E-state index contributed by atoms with van der Waals surface area (Å²) >= 11 is 0. The molecule has 4 amide bonds. The van der Waals surface area contributed by atoms with Crippen LogP contribution >= 0.6 is 0 Å². The molecule has 1 aromatic carbocycles. The highest BCUT2D eigenvalue weighted by molar-refractivity contribution is 7.91. The molecular weight excluding hydrogens is 791 g/mol. The second kappa shape index (κ2) is 16.6. The molecule has 3 aliphatic carbocycles. The molecule has 1 saturated heterocycles. The van der Waals surface area contributed by atoms with Crippen LogP contribution in [0.4, 0.5) is 13.6 Å². The number of sulfonamides is 1. The van der Waals surface area contributed by atoms with E-state index in [1.54, 1.807) is 46.9 Å². The first-order valence-corrected chi connectivity index (χ1v) is 22.5. The van der Waals surface area contributed by atoms with Gasteiger partial charge in [0.1, 0.15) is 41.3 Å². The molecule has 4 fully saturated rings. The minimum absolute atomic E-state index is 0. The highest BCUT2D eigenvalue weighted by atomic mass is 32.2. The van der Waals surface area contributed by atoms with Crippen molar-refractivity contribution in [3.05, 3.63) is 23.9 Å². The summed E-state index contributed by atoms with van der Waals surface area (Å²) in [6.45, 7) is 6.91. The van der Waals surface area contributed by atoms with E-state index < -0.39 is 92.9 Å². The Labute approximate surface area is 348 Å². The third kappa shape index (κ3) is 8.92. The number of amides is 4. The SMILES string of the molecule is CC[C@@H]1[C@@H]2CN(C(=O)[C@H](C(C)(C)C)NC(=O)O[C@@H]3CCC[C@H]3CCCCCc3nc4ccc(OC)cc4nc3O2)[C@@H]1C(=O)N[C@]1(C(=O)NS(=O)(=O)C2CC2)C[C@H]1C(F)F.[HH].[HH].[HH]. The normalized spacial score (nSPS) is 30.6. The summed E-state index contributed by atoms with van der Waals surface area (Å²) in [5.41, 5.74) is -1.41. The highest BCUT2D eigenvalue weighted by Gasteiger charge is 2.67. The summed E-state index contributed by atoms with van der Waals surface area (Å²) in [5, 5.41) is 4.50. The molecule has 0 radical (unpaired) electrons. The lowest BCUT2D eigenvalue weighted by atomic mass is 9.85. The van der Waals surface area contributed by atoms with Crippen LogP contribution in [0, 0.1) is 23.2 Å². The number of alkyl carbamates (subject to hydrolysis) is 1. The van der Waals surface area contributed by atoms with Crippen molar-refractivity contribution in [3.63, 3.8) is 0 Å². The van der Waals surface area contributed by atoms with Gasteiger partial charge < -0.3 is 29.7 Å². The number of rotatable bonds is 8. The van der Waals surface area contributed by atoms with Gasteiger partial charge in [0.25, 0.3) is 5.91 Å². The maximum Gasteiger partial charge on any atom is 0.408 e.